The van der Waals surface area contributed by atoms with E-state index in [1.54, 1.807) is 9.80 Å². The van der Waals surface area contributed by atoms with Crippen LogP contribution in [0.25, 0.3) is 5.13 Å². The predicted octanol–water partition coefficient (Wildman–Crippen LogP) is 5.62. The molecule has 3 heterocycles. The second kappa shape index (κ2) is 10.6. The van der Waals surface area contributed by atoms with Crippen LogP contribution in [-0.4, -0.2) is 38.1 Å². The van der Waals surface area contributed by atoms with Crippen LogP contribution in [0, 0.1) is 20.8 Å². The first kappa shape index (κ1) is 24.7. The van der Waals surface area contributed by atoms with Crippen molar-refractivity contribution < 1.29 is 9.59 Å². The number of nitrogens with zero attached hydrogens (tertiary/aromatic N) is 5. The molecule has 3 amide bonds. The maximum Gasteiger partial charge on any atom is 0.322 e. The van der Waals surface area contributed by atoms with Crippen molar-refractivity contribution in [2.24, 2.45) is 0 Å². The minimum absolute atomic E-state index is 0.0859. The summed E-state index contributed by atoms with van der Waals surface area (Å²) in [5, 5.41) is 13.0. The molecule has 4 aromatic rings. The minimum Gasteiger partial charge on any atom is -0.314 e. The molecule has 5 rings (SSSR count). The first-order valence-corrected chi connectivity index (χ1v) is 13.2. The molecule has 2 aromatic carbocycles. The average molecular weight is 515 g/mol. The van der Waals surface area contributed by atoms with Crippen LogP contribution >= 0.6 is 11.3 Å². The van der Waals surface area contributed by atoms with Crippen molar-refractivity contribution in [3.05, 3.63) is 88.7 Å². The molecule has 1 aliphatic rings. The number of aromatic nitrogens is 3. The van der Waals surface area contributed by atoms with Gasteiger partial charge in [-0.3, -0.25) is 14.3 Å². The van der Waals surface area contributed by atoms with Crippen LogP contribution in [0.5, 0.6) is 0 Å². The summed E-state index contributed by atoms with van der Waals surface area (Å²) < 4.78 is 1.94. The summed E-state index contributed by atoms with van der Waals surface area (Å²) in [6.45, 7) is 7.55. The Morgan fingerprint density at radius 2 is 1.76 bits per heavy atom. The number of nitrogens with one attached hydrogen (secondary N) is 1. The number of rotatable bonds is 7. The van der Waals surface area contributed by atoms with Gasteiger partial charge in [-0.25, -0.2) is 4.79 Å². The molecule has 0 saturated carbocycles. The topological polar surface area (TPSA) is 83.4 Å². The Bertz CT molecular complexity index is 1420. The van der Waals surface area contributed by atoms with E-state index in [1.165, 1.54) is 16.9 Å². The number of carbonyl (C=O) groups is 2. The third kappa shape index (κ3) is 5.56. The molecule has 0 spiro atoms. The van der Waals surface area contributed by atoms with Gasteiger partial charge in [-0.05, 0) is 62.1 Å². The summed E-state index contributed by atoms with van der Waals surface area (Å²) in [6, 6.07) is 18.0. The Hall–Kier alpha value is -3.98. The first-order chi connectivity index (χ1) is 17.9. The monoisotopic (exact) mass is 514 g/mol. The van der Waals surface area contributed by atoms with Gasteiger partial charge < -0.3 is 10.2 Å². The van der Waals surface area contributed by atoms with Gasteiger partial charge in [0.25, 0.3) is 0 Å². The van der Waals surface area contributed by atoms with Crippen LogP contribution < -0.4 is 10.2 Å². The number of carbonyl (C=O) groups excluding carboxylic acids is 2. The van der Waals surface area contributed by atoms with Crippen molar-refractivity contribution in [1.82, 2.24) is 19.7 Å². The lowest BCUT2D eigenvalue weighted by Crippen LogP contribution is -2.34. The van der Waals surface area contributed by atoms with E-state index < -0.39 is 0 Å². The molecule has 37 heavy (non-hydrogen) atoms. The second-order valence-corrected chi connectivity index (χ2v) is 10.4. The van der Waals surface area contributed by atoms with Gasteiger partial charge in [0.05, 0.1) is 6.54 Å². The highest BCUT2D eigenvalue weighted by molar-refractivity contribution is 7.17. The van der Waals surface area contributed by atoms with E-state index in [0.717, 1.165) is 34.5 Å². The molecule has 1 fully saturated rings. The van der Waals surface area contributed by atoms with Crippen LogP contribution in [0.3, 0.4) is 0 Å². The number of urea groups is 1. The first-order valence-electron chi connectivity index (χ1n) is 12.4. The molecule has 1 aliphatic heterocycles. The average Bonchev–Trinajstić information content (AvgIpc) is 3.63. The van der Waals surface area contributed by atoms with Gasteiger partial charge in [0.2, 0.25) is 16.2 Å². The minimum atomic E-state index is -0.178. The van der Waals surface area contributed by atoms with Crippen molar-refractivity contribution in [3.8, 4) is 5.13 Å². The third-order valence-corrected chi connectivity index (χ3v) is 7.46. The third-order valence-electron chi connectivity index (χ3n) is 6.52. The molecule has 1 saturated heterocycles. The highest BCUT2D eigenvalue weighted by Crippen LogP contribution is 2.28. The normalized spacial score (nSPS) is 13.3. The predicted molar refractivity (Wildman–Crippen MR) is 146 cm³/mol. The fourth-order valence-electron chi connectivity index (χ4n) is 4.37. The van der Waals surface area contributed by atoms with Gasteiger partial charge in [-0.1, -0.05) is 53.3 Å². The summed E-state index contributed by atoms with van der Waals surface area (Å²) in [5.74, 6) is 0.0859. The molecule has 2 aromatic heterocycles. The van der Waals surface area contributed by atoms with E-state index in [1.807, 2.05) is 61.9 Å². The van der Waals surface area contributed by atoms with E-state index in [0.29, 0.717) is 36.3 Å². The zero-order chi connectivity index (χ0) is 25.9. The van der Waals surface area contributed by atoms with E-state index in [2.05, 4.69) is 39.8 Å². The van der Waals surface area contributed by atoms with Gasteiger partial charge in [0.1, 0.15) is 0 Å². The SMILES string of the molecule is Cc1ccc(CN(Cc2cccn2-c2nnc(N3CCCC3=O)s2)C(=O)Nc2cc(C)ccc2C)cc1. The standard InChI is InChI=1S/C28H30N6O2S/c1-19-9-12-22(13-10-19)17-32(26(36)29-24-16-20(2)8-11-21(24)3)18-23-6-4-14-33(23)27-30-31-28(37-27)34-15-5-7-25(34)35/h4,6,8-14,16H,5,7,15,17-18H2,1-3H3,(H,29,36). The van der Waals surface area contributed by atoms with E-state index in [4.69, 9.17) is 0 Å². The van der Waals surface area contributed by atoms with Crippen LogP contribution in [-0.2, 0) is 17.9 Å². The van der Waals surface area contributed by atoms with E-state index >= 15 is 0 Å². The fraction of sp³-hybridized carbons (Fsp3) is 0.286. The zero-order valence-electron chi connectivity index (χ0n) is 21.3. The largest absolute Gasteiger partial charge is 0.322 e. The Labute approximate surface area is 220 Å². The molecular formula is C28H30N6O2S. The zero-order valence-corrected chi connectivity index (χ0v) is 22.1. The van der Waals surface area contributed by atoms with Crippen molar-refractivity contribution in [1.29, 1.82) is 0 Å². The van der Waals surface area contributed by atoms with Crippen molar-refractivity contribution in [2.45, 2.75) is 46.7 Å². The Morgan fingerprint density at radius 1 is 1.00 bits per heavy atom. The van der Waals surface area contributed by atoms with Gasteiger partial charge in [0.15, 0.2) is 0 Å². The lowest BCUT2D eigenvalue weighted by Gasteiger charge is -2.24. The van der Waals surface area contributed by atoms with Crippen LogP contribution in [0.2, 0.25) is 0 Å². The summed E-state index contributed by atoms with van der Waals surface area (Å²) in [7, 11) is 0. The molecule has 0 unspecified atom stereocenters. The van der Waals surface area contributed by atoms with Crippen LogP contribution in [0.1, 0.15) is 40.8 Å². The van der Waals surface area contributed by atoms with Gasteiger partial charge in [-0.15, -0.1) is 10.2 Å². The molecule has 1 N–H and O–H groups in total. The molecule has 9 heteroatoms. The highest BCUT2D eigenvalue weighted by atomic mass is 32.1. The van der Waals surface area contributed by atoms with E-state index in [-0.39, 0.29) is 11.9 Å². The number of hydrogen-bond donors (Lipinski definition) is 1. The summed E-state index contributed by atoms with van der Waals surface area (Å²) >= 11 is 1.38. The number of amides is 3. The smallest absolute Gasteiger partial charge is 0.314 e. The summed E-state index contributed by atoms with van der Waals surface area (Å²) in [5.41, 5.74) is 6.02. The van der Waals surface area contributed by atoms with Crippen molar-refractivity contribution in [3.63, 3.8) is 0 Å². The van der Waals surface area contributed by atoms with E-state index in [9.17, 15) is 9.59 Å². The number of benzene rings is 2. The molecule has 0 bridgehead atoms. The van der Waals surface area contributed by atoms with Crippen LogP contribution in [0.4, 0.5) is 15.6 Å². The lowest BCUT2D eigenvalue weighted by atomic mass is 10.1. The van der Waals surface area contributed by atoms with Crippen molar-refractivity contribution in [2.75, 3.05) is 16.8 Å². The number of aryl methyl sites for hydroxylation is 3. The molecule has 0 aliphatic carbocycles. The molecule has 190 valence electrons. The maximum absolute atomic E-state index is 13.6. The quantitative estimate of drug-likeness (QED) is 0.347. The molecular weight excluding hydrogens is 484 g/mol. The van der Waals surface area contributed by atoms with Gasteiger partial charge >= 0.3 is 6.03 Å². The maximum atomic E-state index is 13.6. The Morgan fingerprint density at radius 3 is 2.51 bits per heavy atom. The Balaban J connectivity index is 1.41. The fourth-order valence-corrected chi connectivity index (χ4v) is 5.28. The molecule has 8 nitrogen and oxygen atoms in total. The number of anilines is 2. The second-order valence-electron chi connectivity index (χ2n) is 9.48. The van der Waals surface area contributed by atoms with Crippen molar-refractivity contribution >= 4 is 34.1 Å². The number of hydrogen-bond acceptors (Lipinski definition) is 5. The van der Waals surface area contributed by atoms with Gasteiger partial charge in [0, 0.05) is 37.1 Å². The highest BCUT2D eigenvalue weighted by Gasteiger charge is 2.26. The van der Waals surface area contributed by atoms with Gasteiger partial charge in [-0.2, -0.15) is 0 Å². The Kier molecular flexibility index (Phi) is 7.05. The van der Waals surface area contributed by atoms with Crippen LogP contribution in [0.15, 0.2) is 60.8 Å². The molecule has 0 atom stereocenters. The summed E-state index contributed by atoms with van der Waals surface area (Å²) in [4.78, 5) is 29.2. The summed E-state index contributed by atoms with van der Waals surface area (Å²) in [6.07, 6.45) is 3.30. The molecule has 0 radical (unpaired) electrons. The lowest BCUT2D eigenvalue weighted by molar-refractivity contribution is -0.117.